The molecule has 0 saturated heterocycles. The third kappa shape index (κ3) is 1.58. The van der Waals surface area contributed by atoms with Crippen molar-refractivity contribution in [3.8, 4) is 0 Å². The average molecular weight is 188 g/mol. The number of rotatable bonds is 2. The van der Waals surface area contributed by atoms with Crippen molar-refractivity contribution in [1.82, 2.24) is 9.55 Å². The predicted molar refractivity (Wildman–Crippen MR) is 48.7 cm³/mol. The summed E-state index contributed by atoms with van der Waals surface area (Å²) in [6.45, 7) is 2.47. The van der Waals surface area contributed by atoms with Crippen molar-refractivity contribution in [2.45, 2.75) is 13.5 Å². The summed E-state index contributed by atoms with van der Waals surface area (Å²) in [6.07, 6.45) is 1.52. The van der Waals surface area contributed by atoms with Crippen LogP contribution >= 0.6 is 11.6 Å². The molecule has 1 aromatic heterocycles. The van der Waals surface area contributed by atoms with E-state index in [2.05, 4.69) is 10.3 Å². The van der Waals surface area contributed by atoms with Gasteiger partial charge in [0.1, 0.15) is 5.15 Å². The van der Waals surface area contributed by atoms with E-state index in [4.69, 9.17) is 11.6 Å². The molecule has 0 atom stereocenters. The number of hydrogen-bond donors (Lipinski definition) is 1. The first kappa shape index (κ1) is 9.06. The van der Waals surface area contributed by atoms with Crippen molar-refractivity contribution in [1.29, 1.82) is 0 Å². The smallest absolute Gasteiger partial charge is 0.293 e. The molecule has 0 aliphatic carbocycles. The Balaban J connectivity index is 3.32. The van der Waals surface area contributed by atoms with Gasteiger partial charge < -0.3 is 9.88 Å². The molecule has 5 heteroatoms. The van der Waals surface area contributed by atoms with Crippen molar-refractivity contribution in [2.75, 3.05) is 12.4 Å². The van der Waals surface area contributed by atoms with Gasteiger partial charge in [-0.3, -0.25) is 4.79 Å². The first-order chi connectivity index (χ1) is 5.69. The monoisotopic (exact) mass is 187 g/mol. The molecule has 1 N–H and O–H groups in total. The van der Waals surface area contributed by atoms with Gasteiger partial charge in [0, 0.05) is 19.8 Å². The maximum Gasteiger partial charge on any atom is 0.293 e. The highest BCUT2D eigenvalue weighted by Crippen LogP contribution is 2.03. The Morgan fingerprint density at radius 3 is 2.92 bits per heavy atom. The molecule has 0 aliphatic rings. The van der Waals surface area contributed by atoms with E-state index in [0.717, 1.165) is 0 Å². The van der Waals surface area contributed by atoms with Gasteiger partial charge in [-0.2, -0.15) is 0 Å². The lowest BCUT2D eigenvalue weighted by Gasteiger charge is -2.04. The number of nitrogens with one attached hydrogen (secondary N) is 1. The average Bonchev–Trinajstić information content (AvgIpc) is 2.08. The Kier molecular flexibility index (Phi) is 2.70. The first-order valence-corrected chi connectivity index (χ1v) is 4.01. The lowest BCUT2D eigenvalue weighted by Crippen LogP contribution is -2.22. The number of hydrogen-bond acceptors (Lipinski definition) is 3. The van der Waals surface area contributed by atoms with Gasteiger partial charge in [-0.1, -0.05) is 11.6 Å². The van der Waals surface area contributed by atoms with Crippen LogP contribution in [0.3, 0.4) is 0 Å². The van der Waals surface area contributed by atoms with Crippen LogP contribution in [0.15, 0.2) is 11.0 Å². The number of aryl methyl sites for hydroxylation is 1. The Morgan fingerprint density at radius 2 is 2.42 bits per heavy atom. The Morgan fingerprint density at radius 1 is 1.75 bits per heavy atom. The van der Waals surface area contributed by atoms with Crippen LogP contribution < -0.4 is 10.9 Å². The molecule has 0 amide bonds. The van der Waals surface area contributed by atoms with Gasteiger partial charge in [0.05, 0.1) is 0 Å². The zero-order valence-electron chi connectivity index (χ0n) is 6.97. The predicted octanol–water partition coefficient (Wildman–Crippen LogP) is 0.958. The van der Waals surface area contributed by atoms with Crippen molar-refractivity contribution in [3.05, 3.63) is 21.7 Å². The SMILES string of the molecule is CCn1cc(Cl)nc(NC)c1=O. The van der Waals surface area contributed by atoms with Gasteiger partial charge in [0.15, 0.2) is 5.82 Å². The summed E-state index contributed by atoms with van der Waals surface area (Å²) < 4.78 is 1.50. The van der Waals surface area contributed by atoms with Crippen LogP contribution in [-0.2, 0) is 6.54 Å². The van der Waals surface area contributed by atoms with E-state index >= 15 is 0 Å². The largest absolute Gasteiger partial charge is 0.369 e. The van der Waals surface area contributed by atoms with Crippen molar-refractivity contribution in [3.63, 3.8) is 0 Å². The Labute approximate surface area is 75.2 Å². The molecule has 0 saturated carbocycles. The van der Waals surface area contributed by atoms with Crippen molar-refractivity contribution >= 4 is 17.4 Å². The maximum atomic E-state index is 11.4. The highest BCUT2D eigenvalue weighted by atomic mass is 35.5. The summed E-state index contributed by atoms with van der Waals surface area (Å²) in [4.78, 5) is 15.2. The molecule has 66 valence electrons. The number of aromatic nitrogens is 2. The second kappa shape index (κ2) is 3.58. The number of nitrogens with zero attached hydrogens (tertiary/aromatic N) is 2. The molecule has 0 fully saturated rings. The molecular formula is C7H10ClN3O. The third-order valence-corrected chi connectivity index (χ3v) is 1.70. The minimum Gasteiger partial charge on any atom is -0.369 e. The maximum absolute atomic E-state index is 11.4. The van der Waals surface area contributed by atoms with E-state index in [0.29, 0.717) is 11.7 Å². The zero-order valence-corrected chi connectivity index (χ0v) is 7.72. The summed E-state index contributed by atoms with van der Waals surface area (Å²) in [7, 11) is 1.64. The van der Waals surface area contributed by atoms with Crippen LogP contribution in [0.5, 0.6) is 0 Å². The topological polar surface area (TPSA) is 46.9 Å². The van der Waals surface area contributed by atoms with Gasteiger partial charge in [-0.05, 0) is 6.92 Å². The second-order valence-corrected chi connectivity index (χ2v) is 2.64. The lowest BCUT2D eigenvalue weighted by atomic mass is 10.5. The normalized spacial score (nSPS) is 9.92. The van der Waals surface area contributed by atoms with Gasteiger partial charge in [0.2, 0.25) is 0 Å². The van der Waals surface area contributed by atoms with Gasteiger partial charge in [-0.15, -0.1) is 0 Å². The lowest BCUT2D eigenvalue weighted by molar-refractivity contribution is 0.720. The highest BCUT2D eigenvalue weighted by Gasteiger charge is 2.03. The fraction of sp³-hybridized carbons (Fsp3) is 0.429. The van der Waals surface area contributed by atoms with Crippen molar-refractivity contribution in [2.24, 2.45) is 0 Å². The molecule has 1 heterocycles. The second-order valence-electron chi connectivity index (χ2n) is 2.25. The van der Waals surface area contributed by atoms with Gasteiger partial charge in [0.25, 0.3) is 5.56 Å². The third-order valence-electron chi connectivity index (χ3n) is 1.52. The van der Waals surface area contributed by atoms with E-state index in [1.54, 1.807) is 7.05 Å². The minimum absolute atomic E-state index is 0.149. The summed E-state index contributed by atoms with van der Waals surface area (Å²) in [6, 6.07) is 0. The standard InChI is InChI=1S/C7H10ClN3O/c1-3-11-4-5(8)10-6(9-2)7(11)12/h4H,3H2,1-2H3,(H,9,10). The van der Waals surface area contributed by atoms with Crippen LogP contribution in [-0.4, -0.2) is 16.6 Å². The molecule has 0 spiro atoms. The molecule has 12 heavy (non-hydrogen) atoms. The summed E-state index contributed by atoms with van der Waals surface area (Å²) in [5.41, 5.74) is -0.149. The van der Waals surface area contributed by atoms with E-state index in [1.165, 1.54) is 10.8 Å². The molecule has 0 aromatic carbocycles. The van der Waals surface area contributed by atoms with Gasteiger partial charge in [-0.25, -0.2) is 4.98 Å². The Hall–Kier alpha value is -1.03. The number of halogens is 1. The summed E-state index contributed by atoms with van der Waals surface area (Å²) >= 11 is 5.67. The fourth-order valence-electron chi connectivity index (χ4n) is 0.904. The van der Waals surface area contributed by atoms with E-state index in [1.807, 2.05) is 6.92 Å². The van der Waals surface area contributed by atoms with E-state index < -0.39 is 0 Å². The zero-order chi connectivity index (χ0) is 9.14. The summed E-state index contributed by atoms with van der Waals surface area (Å²) in [5.74, 6) is 0.282. The first-order valence-electron chi connectivity index (χ1n) is 3.63. The molecule has 0 aliphatic heterocycles. The molecule has 0 bridgehead atoms. The molecule has 0 unspecified atom stereocenters. The molecule has 4 nitrogen and oxygen atoms in total. The van der Waals surface area contributed by atoms with E-state index in [9.17, 15) is 4.79 Å². The van der Waals surface area contributed by atoms with Crippen LogP contribution in [0.4, 0.5) is 5.82 Å². The van der Waals surface area contributed by atoms with Gasteiger partial charge >= 0.3 is 0 Å². The highest BCUT2D eigenvalue weighted by molar-refractivity contribution is 6.29. The molecule has 1 rings (SSSR count). The van der Waals surface area contributed by atoms with Crippen molar-refractivity contribution < 1.29 is 0 Å². The van der Waals surface area contributed by atoms with Crippen LogP contribution in [0.1, 0.15) is 6.92 Å². The number of anilines is 1. The molecular weight excluding hydrogens is 178 g/mol. The Bertz CT molecular complexity index is 306. The van der Waals surface area contributed by atoms with E-state index in [-0.39, 0.29) is 11.4 Å². The van der Waals surface area contributed by atoms with Crippen LogP contribution in [0.2, 0.25) is 5.15 Å². The molecule has 0 radical (unpaired) electrons. The van der Waals surface area contributed by atoms with Crippen LogP contribution in [0, 0.1) is 0 Å². The minimum atomic E-state index is -0.149. The quantitative estimate of drug-likeness (QED) is 0.750. The summed E-state index contributed by atoms with van der Waals surface area (Å²) in [5, 5.41) is 3.00. The molecule has 1 aromatic rings. The van der Waals surface area contributed by atoms with Crippen LogP contribution in [0.25, 0.3) is 0 Å². The fourth-order valence-corrected chi connectivity index (χ4v) is 1.11.